The van der Waals surface area contributed by atoms with E-state index in [1.54, 1.807) is 24.3 Å². The summed E-state index contributed by atoms with van der Waals surface area (Å²) >= 11 is 12.2. The van der Waals surface area contributed by atoms with Crippen LogP contribution in [0.1, 0.15) is 48.0 Å². The monoisotopic (exact) mass is 474 g/mol. The van der Waals surface area contributed by atoms with Gasteiger partial charge in [0.25, 0.3) is 5.91 Å². The molecule has 2 fully saturated rings. The maximum atomic E-state index is 13.2. The first-order valence-electron chi connectivity index (χ1n) is 11.3. The van der Waals surface area contributed by atoms with E-state index in [4.69, 9.17) is 27.9 Å². The summed E-state index contributed by atoms with van der Waals surface area (Å²) < 4.78 is 5.96. The molecule has 0 saturated carbocycles. The molecular formula is C25H28Cl2N2O3. The number of halogens is 2. The Bertz CT molecular complexity index is 967. The van der Waals surface area contributed by atoms with Crippen LogP contribution in [-0.2, 0) is 11.4 Å². The Morgan fingerprint density at radius 1 is 0.906 bits per heavy atom. The fourth-order valence-electron chi connectivity index (χ4n) is 4.44. The van der Waals surface area contributed by atoms with Gasteiger partial charge in [-0.15, -0.1) is 0 Å². The standard InChI is InChI=1S/C25H28Cl2N2O3/c26-20-9-8-19(22(27)16-20)17-32-23-7-3-2-6-21(23)25(31)29-14-10-18(11-15-29)24(30)28-12-4-1-5-13-28/h2-3,6-9,16,18H,1,4-5,10-15,17H2. The van der Waals surface area contributed by atoms with Gasteiger partial charge in [-0.2, -0.15) is 0 Å². The lowest BCUT2D eigenvalue weighted by Crippen LogP contribution is -2.45. The lowest BCUT2D eigenvalue weighted by molar-refractivity contribution is -0.137. The van der Waals surface area contributed by atoms with Gasteiger partial charge in [-0.1, -0.05) is 41.4 Å². The van der Waals surface area contributed by atoms with Crippen molar-refractivity contribution in [2.45, 2.75) is 38.7 Å². The number of para-hydroxylation sites is 1. The summed E-state index contributed by atoms with van der Waals surface area (Å²) in [5.41, 5.74) is 1.33. The van der Waals surface area contributed by atoms with E-state index in [0.29, 0.717) is 47.3 Å². The van der Waals surface area contributed by atoms with E-state index in [9.17, 15) is 9.59 Å². The number of hydrogen-bond donors (Lipinski definition) is 0. The lowest BCUT2D eigenvalue weighted by atomic mass is 9.94. The summed E-state index contributed by atoms with van der Waals surface area (Å²) in [4.78, 5) is 29.9. The first kappa shape index (κ1) is 22.9. The van der Waals surface area contributed by atoms with Gasteiger partial charge in [0.2, 0.25) is 5.91 Å². The summed E-state index contributed by atoms with van der Waals surface area (Å²) in [5, 5.41) is 1.10. The molecule has 0 aromatic heterocycles. The Morgan fingerprint density at radius 2 is 1.62 bits per heavy atom. The van der Waals surface area contributed by atoms with E-state index in [2.05, 4.69) is 0 Å². The SMILES string of the molecule is O=C(c1ccccc1OCc1ccc(Cl)cc1Cl)N1CCC(C(=O)N2CCCCC2)CC1. The van der Waals surface area contributed by atoms with E-state index in [1.165, 1.54) is 6.42 Å². The van der Waals surface area contributed by atoms with Crippen LogP contribution in [0.25, 0.3) is 0 Å². The molecule has 0 radical (unpaired) electrons. The van der Waals surface area contributed by atoms with Crippen molar-refractivity contribution in [2.75, 3.05) is 26.2 Å². The molecule has 0 N–H and O–H groups in total. The highest BCUT2D eigenvalue weighted by Gasteiger charge is 2.31. The summed E-state index contributed by atoms with van der Waals surface area (Å²) in [7, 11) is 0. The van der Waals surface area contributed by atoms with Crippen molar-refractivity contribution in [3.05, 3.63) is 63.6 Å². The van der Waals surface area contributed by atoms with Crippen LogP contribution in [-0.4, -0.2) is 47.8 Å². The largest absolute Gasteiger partial charge is 0.488 e. The number of likely N-dealkylation sites (tertiary alicyclic amines) is 2. The second-order valence-electron chi connectivity index (χ2n) is 8.47. The Balaban J connectivity index is 1.37. The number of carbonyl (C=O) groups excluding carboxylic acids is 2. The van der Waals surface area contributed by atoms with Crippen LogP contribution in [0.5, 0.6) is 5.75 Å². The number of amides is 2. The molecule has 2 saturated heterocycles. The molecule has 0 spiro atoms. The predicted molar refractivity (Wildman–Crippen MR) is 126 cm³/mol. The van der Waals surface area contributed by atoms with Gasteiger partial charge < -0.3 is 14.5 Å². The highest BCUT2D eigenvalue weighted by atomic mass is 35.5. The fraction of sp³-hybridized carbons (Fsp3) is 0.440. The van der Waals surface area contributed by atoms with Crippen LogP contribution < -0.4 is 4.74 Å². The second kappa shape index (κ2) is 10.6. The van der Waals surface area contributed by atoms with E-state index in [-0.39, 0.29) is 24.3 Å². The molecule has 2 aromatic rings. The molecule has 32 heavy (non-hydrogen) atoms. The van der Waals surface area contributed by atoms with Crippen LogP contribution in [0.15, 0.2) is 42.5 Å². The minimum Gasteiger partial charge on any atom is -0.488 e. The Labute approximate surface area is 199 Å². The van der Waals surface area contributed by atoms with Crippen LogP contribution in [0.4, 0.5) is 0 Å². The molecule has 0 aliphatic carbocycles. The van der Waals surface area contributed by atoms with Crippen molar-refractivity contribution < 1.29 is 14.3 Å². The van der Waals surface area contributed by atoms with E-state index >= 15 is 0 Å². The topological polar surface area (TPSA) is 49.9 Å². The normalized spacial score (nSPS) is 17.3. The van der Waals surface area contributed by atoms with Crippen molar-refractivity contribution in [2.24, 2.45) is 5.92 Å². The maximum Gasteiger partial charge on any atom is 0.257 e. The number of piperidine rings is 2. The zero-order chi connectivity index (χ0) is 22.5. The fourth-order valence-corrected chi connectivity index (χ4v) is 4.90. The molecule has 7 heteroatoms. The van der Waals surface area contributed by atoms with E-state index < -0.39 is 0 Å². The Kier molecular flexibility index (Phi) is 7.59. The van der Waals surface area contributed by atoms with Gasteiger partial charge in [-0.25, -0.2) is 0 Å². The average molecular weight is 475 g/mol. The first-order chi connectivity index (χ1) is 15.5. The highest BCUT2D eigenvalue weighted by molar-refractivity contribution is 6.35. The van der Waals surface area contributed by atoms with Gasteiger partial charge in [0.15, 0.2) is 0 Å². The lowest BCUT2D eigenvalue weighted by Gasteiger charge is -2.35. The zero-order valence-electron chi connectivity index (χ0n) is 18.1. The van der Waals surface area contributed by atoms with Gasteiger partial charge in [-0.3, -0.25) is 9.59 Å². The van der Waals surface area contributed by atoms with Crippen molar-refractivity contribution in [1.82, 2.24) is 9.80 Å². The van der Waals surface area contributed by atoms with Crippen LogP contribution in [0.3, 0.4) is 0 Å². The number of carbonyl (C=O) groups is 2. The summed E-state index contributed by atoms with van der Waals surface area (Å²) in [6.07, 6.45) is 4.83. The van der Waals surface area contributed by atoms with E-state index in [0.717, 1.165) is 31.5 Å². The third-order valence-electron chi connectivity index (χ3n) is 6.31. The minimum absolute atomic E-state index is 0.0238. The van der Waals surface area contributed by atoms with Crippen LogP contribution in [0.2, 0.25) is 10.0 Å². The number of benzene rings is 2. The third-order valence-corrected chi connectivity index (χ3v) is 6.90. The van der Waals surface area contributed by atoms with Gasteiger partial charge >= 0.3 is 0 Å². The molecular weight excluding hydrogens is 447 g/mol. The number of rotatable bonds is 5. The maximum absolute atomic E-state index is 13.2. The number of ether oxygens (including phenoxy) is 1. The van der Waals surface area contributed by atoms with E-state index in [1.807, 2.05) is 28.0 Å². The van der Waals surface area contributed by atoms with Gasteiger partial charge in [-0.05, 0) is 56.4 Å². The number of nitrogens with zero attached hydrogens (tertiary/aromatic N) is 2. The summed E-state index contributed by atoms with van der Waals surface area (Å²) in [5.74, 6) is 0.748. The summed E-state index contributed by atoms with van der Waals surface area (Å²) in [6, 6.07) is 12.5. The quantitative estimate of drug-likeness (QED) is 0.579. The van der Waals surface area contributed by atoms with Gasteiger partial charge in [0, 0.05) is 47.7 Å². The summed E-state index contributed by atoms with van der Waals surface area (Å²) in [6.45, 7) is 3.16. The minimum atomic E-state index is -0.0633. The molecule has 2 aliphatic heterocycles. The number of hydrogen-bond acceptors (Lipinski definition) is 3. The van der Waals surface area contributed by atoms with Crippen molar-refractivity contribution >= 4 is 35.0 Å². The van der Waals surface area contributed by atoms with Crippen LogP contribution in [0, 0.1) is 5.92 Å². The van der Waals surface area contributed by atoms with Gasteiger partial charge in [0.1, 0.15) is 12.4 Å². The molecule has 0 unspecified atom stereocenters. The zero-order valence-corrected chi connectivity index (χ0v) is 19.6. The molecule has 4 rings (SSSR count). The third kappa shape index (κ3) is 5.38. The smallest absolute Gasteiger partial charge is 0.257 e. The molecule has 5 nitrogen and oxygen atoms in total. The Morgan fingerprint density at radius 3 is 2.34 bits per heavy atom. The molecule has 0 atom stereocenters. The molecule has 2 amide bonds. The highest BCUT2D eigenvalue weighted by Crippen LogP contribution is 2.27. The van der Waals surface area contributed by atoms with Crippen molar-refractivity contribution in [3.63, 3.8) is 0 Å². The molecule has 0 bridgehead atoms. The second-order valence-corrected chi connectivity index (χ2v) is 9.32. The average Bonchev–Trinajstić information content (AvgIpc) is 2.83. The first-order valence-corrected chi connectivity index (χ1v) is 12.0. The van der Waals surface area contributed by atoms with Crippen LogP contribution >= 0.6 is 23.2 Å². The molecule has 170 valence electrons. The van der Waals surface area contributed by atoms with Crippen molar-refractivity contribution in [1.29, 1.82) is 0 Å². The Hall–Kier alpha value is -2.24. The molecule has 2 aliphatic rings. The van der Waals surface area contributed by atoms with Gasteiger partial charge in [0.05, 0.1) is 5.56 Å². The van der Waals surface area contributed by atoms with Crippen molar-refractivity contribution in [3.8, 4) is 5.75 Å². The molecule has 2 aromatic carbocycles. The predicted octanol–water partition coefficient (Wildman–Crippen LogP) is 5.44. The molecule has 2 heterocycles.